The molecule has 22 heavy (non-hydrogen) atoms. The standard InChI is InChI=1S/C18H22N4/c19-17(20)13-3-1-2-11-4-5-12(6-7-13)15-9-8-14(18(21)22)10-16(11)15/h1,3,7-12H,2,4-6H2,(H3,19,20)(H3,21,22)/b3-1-,13-7-. The van der Waals surface area contributed by atoms with Crippen LogP contribution >= 0.6 is 0 Å². The molecule has 0 aromatic heterocycles. The summed E-state index contributed by atoms with van der Waals surface area (Å²) in [5.41, 5.74) is 15.6. The Labute approximate surface area is 130 Å². The monoisotopic (exact) mass is 294 g/mol. The fourth-order valence-electron chi connectivity index (χ4n) is 3.57. The Morgan fingerprint density at radius 2 is 1.68 bits per heavy atom. The summed E-state index contributed by atoms with van der Waals surface area (Å²) in [5.74, 6) is 1.20. The maximum absolute atomic E-state index is 7.66. The van der Waals surface area contributed by atoms with Crippen molar-refractivity contribution in [3.05, 3.63) is 58.7 Å². The van der Waals surface area contributed by atoms with E-state index in [2.05, 4.69) is 24.3 Å². The van der Waals surface area contributed by atoms with Gasteiger partial charge in [-0.3, -0.25) is 10.8 Å². The smallest absolute Gasteiger partial charge is 0.122 e. The van der Waals surface area contributed by atoms with E-state index >= 15 is 0 Å². The Kier molecular flexibility index (Phi) is 3.84. The van der Waals surface area contributed by atoms with Gasteiger partial charge in [0.05, 0.1) is 0 Å². The number of hydrogen-bond donors (Lipinski definition) is 4. The van der Waals surface area contributed by atoms with Gasteiger partial charge in [-0.05, 0) is 54.7 Å². The highest BCUT2D eigenvalue weighted by atomic mass is 14.7. The van der Waals surface area contributed by atoms with Gasteiger partial charge in [-0.25, -0.2) is 0 Å². The molecule has 0 heterocycles. The van der Waals surface area contributed by atoms with Crippen LogP contribution in [0.2, 0.25) is 0 Å². The van der Waals surface area contributed by atoms with Gasteiger partial charge in [-0.15, -0.1) is 0 Å². The molecule has 3 aliphatic rings. The molecule has 0 radical (unpaired) electrons. The molecule has 4 heteroatoms. The zero-order valence-electron chi connectivity index (χ0n) is 12.6. The van der Waals surface area contributed by atoms with E-state index in [1.807, 2.05) is 12.1 Å². The first kappa shape index (κ1) is 14.6. The van der Waals surface area contributed by atoms with Crippen molar-refractivity contribution in [2.24, 2.45) is 11.5 Å². The van der Waals surface area contributed by atoms with E-state index in [1.165, 1.54) is 11.1 Å². The molecule has 1 aromatic rings. The van der Waals surface area contributed by atoms with Crippen molar-refractivity contribution in [3.8, 4) is 0 Å². The minimum atomic E-state index is 0.130. The molecule has 0 aliphatic heterocycles. The topological polar surface area (TPSA) is 99.7 Å². The van der Waals surface area contributed by atoms with Crippen molar-refractivity contribution < 1.29 is 0 Å². The number of nitrogen functional groups attached to an aromatic ring is 1. The Balaban J connectivity index is 2.04. The molecular formula is C18H22N4. The number of hydrogen-bond acceptors (Lipinski definition) is 2. The summed E-state index contributed by atoms with van der Waals surface area (Å²) < 4.78 is 0. The fraction of sp³-hybridized carbons (Fsp3) is 0.333. The normalized spacial score (nSPS) is 27.4. The van der Waals surface area contributed by atoms with Crippen molar-refractivity contribution in [1.29, 1.82) is 10.8 Å². The van der Waals surface area contributed by atoms with Crippen LogP contribution in [0.3, 0.4) is 0 Å². The van der Waals surface area contributed by atoms with Crippen LogP contribution in [0.15, 0.2) is 42.0 Å². The lowest BCUT2D eigenvalue weighted by Gasteiger charge is -2.32. The first-order chi connectivity index (χ1) is 10.6. The number of fused-ring (bicyclic) bond motifs is 4. The summed E-state index contributed by atoms with van der Waals surface area (Å²) in [4.78, 5) is 0. The van der Waals surface area contributed by atoms with Gasteiger partial charge >= 0.3 is 0 Å². The third-order valence-corrected chi connectivity index (χ3v) is 4.79. The second-order valence-corrected chi connectivity index (χ2v) is 6.18. The maximum Gasteiger partial charge on any atom is 0.122 e. The summed E-state index contributed by atoms with van der Waals surface area (Å²) >= 11 is 0. The Bertz CT molecular complexity index is 684. The number of rotatable bonds is 2. The van der Waals surface area contributed by atoms with Crippen LogP contribution in [0.25, 0.3) is 0 Å². The largest absolute Gasteiger partial charge is 0.384 e. The minimum absolute atomic E-state index is 0.130. The van der Waals surface area contributed by atoms with Gasteiger partial charge in [-0.1, -0.05) is 30.4 Å². The third-order valence-electron chi connectivity index (χ3n) is 4.79. The predicted molar refractivity (Wildman–Crippen MR) is 90.5 cm³/mol. The highest BCUT2D eigenvalue weighted by molar-refractivity contribution is 5.97. The molecule has 1 aromatic carbocycles. The number of allylic oxidation sites excluding steroid dienone is 2. The minimum Gasteiger partial charge on any atom is -0.384 e. The van der Waals surface area contributed by atoms with E-state index in [0.29, 0.717) is 11.8 Å². The summed E-state index contributed by atoms with van der Waals surface area (Å²) in [6, 6.07) is 6.18. The second-order valence-electron chi connectivity index (χ2n) is 6.18. The van der Waals surface area contributed by atoms with Crippen LogP contribution < -0.4 is 11.5 Å². The number of nitrogens with two attached hydrogens (primary N) is 2. The lowest BCUT2D eigenvalue weighted by molar-refractivity contribution is 0.485. The van der Waals surface area contributed by atoms with Crippen molar-refractivity contribution >= 4 is 11.7 Å². The van der Waals surface area contributed by atoms with Crippen LogP contribution in [-0.4, -0.2) is 11.7 Å². The Morgan fingerprint density at radius 3 is 2.36 bits per heavy atom. The molecule has 4 rings (SSSR count). The van der Waals surface area contributed by atoms with Gasteiger partial charge < -0.3 is 11.5 Å². The van der Waals surface area contributed by atoms with Gasteiger partial charge in [0.15, 0.2) is 0 Å². The van der Waals surface area contributed by atoms with Crippen LogP contribution in [0.1, 0.15) is 54.2 Å². The average molecular weight is 294 g/mol. The van der Waals surface area contributed by atoms with Crippen LogP contribution in [0, 0.1) is 10.8 Å². The van der Waals surface area contributed by atoms with Crippen LogP contribution in [-0.2, 0) is 0 Å². The van der Waals surface area contributed by atoms with E-state index in [-0.39, 0.29) is 11.7 Å². The highest BCUT2D eigenvalue weighted by Crippen LogP contribution is 2.43. The molecule has 6 N–H and O–H groups in total. The van der Waals surface area contributed by atoms with Crippen LogP contribution in [0.4, 0.5) is 0 Å². The molecule has 3 aliphatic carbocycles. The lowest BCUT2D eigenvalue weighted by Crippen LogP contribution is -2.19. The zero-order chi connectivity index (χ0) is 15.7. The summed E-state index contributed by atoms with van der Waals surface area (Å²) in [6.45, 7) is 0. The molecule has 0 saturated heterocycles. The average Bonchev–Trinajstić information content (AvgIpc) is 2.52. The first-order valence-electron chi connectivity index (χ1n) is 7.75. The Hall–Kier alpha value is -2.36. The molecule has 2 atom stereocenters. The van der Waals surface area contributed by atoms with Crippen molar-refractivity contribution in [3.63, 3.8) is 0 Å². The zero-order valence-corrected chi connectivity index (χ0v) is 12.6. The molecule has 0 saturated carbocycles. The van der Waals surface area contributed by atoms with Crippen molar-refractivity contribution in [2.75, 3.05) is 0 Å². The van der Waals surface area contributed by atoms with Gasteiger partial charge in [0.2, 0.25) is 0 Å². The Morgan fingerprint density at radius 1 is 0.955 bits per heavy atom. The molecule has 0 fully saturated rings. The quantitative estimate of drug-likeness (QED) is 0.497. The predicted octanol–water partition coefficient (Wildman–Crippen LogP) is 3.14. The van der Waals surface area contributed by atoms with Gasteiger partial charge in [0, 0.05) is 11.1 Å². The van der Waals surface area contributed by atoms with E-state index in [1.54, 1.807) is 0 Å². The fourth-order valence-corrected chi connectivity index (χ4v) is 3.57. The van der Waals surface area contributed by atoms with Gasteiger partial charge in [0.1, 0.15) is 11.7 Å². The van der Waals surface area contributed by atoms with Gasteiger partial charge in [0.25, 0.3) is 0 Å². The van der Waals surface area contributed by atoms with Crippen molar-refractivity contribution in [2.45, 2.75) is 37.5 Å². The summed E-state index contributed by atoms with van der Waals surface area (Å²) in [7, 11) is 0. The molecule has 0 spiro atoms. The number of amidine groups is 2. The molecule has 114 valence electrons. The van der Waals surface area contributed by atoms with E-state index in [4.69, 9.17) is 22.3 Å². The SMILES string of the molecule is N=C(N)C1=C\CC2CCC(C/C=C\1)c1cc(C(=N)N)ccc12. The molecule has 0 amide bonds. The molecule has 4 nitrogen and oxygen atoms in total. The van der Waals surface area contributed by atoms with E-state index in [9.17, 15) is 0 Å². The number of nitrogens with one attached hydrogen (secondary N) is 2. The molecular weight excluding hydrogens is 272 g/mol. The molecule has 2 bridgehead atoms. The highest BCUT2D eigenvalue weighted by Gasteiger charge is 2.27. The van der Waals surface area contributed by atoms with Gasteiger partial charge in [-0.2, -0.15) is 0 Å². The summed E-state index contributed by atoms with van der Waals surface area (Å²) in [5, 5.41) is 15.3. The third kappa shape index (κ3) is 2.69. The van der Waals surface area contributed by atoms with E-state index in [0.717, 1.165) is 36.8 Å². The lowest BCUT2D eigenvalue weighted by atomic mass is 9.73. The van der Waals surface area contributed by atoms with Crippen molar-refractivity contribution in [1.82, 2.24) is 0 Å². The first-order valence-corrected chi connectivity index (χ1v) is 7.75. The number of benzene rings is 1. The molecule has 2 unspecified atom stereocenters. The summed E-state index contributed by atoms with van der Waals surface area (Å²) in [6.07, 6.45) is 10.3. The van der Waals surface area contributed by atoms with E-state index < -0.39 is 0 Å². The maximum atomic E-state index is 7.66. The van der Waals surface area contributed by atoms with Crippen LogP contribution in [0.5, 0.6) is 0 Å². The second kappa shape index (κ2) is 5.79.